The molecule has 2 amide bonds. The van der Waals surface area contributed by atoms with E-state index in [1.165, 1.54) is 17.0 Å². The first-order valence-electron chi connectivity index (χ1n) is 13.0. The van der Waals surface area contributed by atoms with Crippen molar-refractivity contribution in [3.8, 4) is 0 Å². The lowest BCUT2D eigenvalue weighted by atomic mass is 10.1. The van der Waals surface area contributed by atoms with Crippen molar-refractivity contribution in [2.24, 2.45) is 0 Å². The van der Waals surface area contributed by atoms with Gasteiger partial charge in [0.25, 0.3) is 10.0 Å². The summed E-state index contributed by atoms with van der Waals surface area (Å²) in [4.78, 5) is 28.4. The number of amides is 2. The summed E-state index contributed by atoms with van der Waals surface area (Å²) in [5.41, 5.74) is 2.92. The van der Waals surface area contributed by atoms with Crippen molar-refractivity contribution in [2.75, 3.05) is 17.4 Å². The average molecular weight is 570 g/mol. The van der Waals surface area contributed by atoms with Gasteiger partial charge < -0.3 is 10.2 Å². The molecule has 0 aromatic heterocycles. The fourth-order valence-electron chi connectivity index (χ4n) is 4.06. The Bertz CT molecular complexity index is 1400. The Balaban J connectivity index is 2.02. The number of unbranched alkanes of at least 4 members (excludes halogenated alkanes) is 1. The summed E-state index contributed by atoms with van der Waals surface area (Å²) in [5.74, 6) is -0.835. The minimum atomic E-state index is -4.10. The first kappa shape index (κ1) is 30.2. The lowest BCUT2D eigenvalue weighted by Gasteiger charge is -2.32. The van der Waals surface area contributed by atoms with Gasteiger partial charge >= 0.3 is 0 Å². The van der Waals surface area contributed by atoms with Crippen LogP contribution in [0.15, 0.2) is 77.7 Å². The molecule has 9 heteroatoms. The van der Waals surface area contributed by atoms with Crippen LogP contribution in [-0.2, 0) is 26.2 Å². The Hall–Kier alpha value is -3.36. The molecule has 0 unspecified atom stereocenters. The van der Waals surface area contributed by atoms with Gasteiger partial charge in [-0.15, -0.1) is 0 Å². The third kappa shape index (κ3) is 7.61. The molecule has 0 fully saturated rings. The van der Waals surface area contributed by atoms with Gasteiger partial charge in [0.15, 0.2) is 0 Å². The van der Waals surface area contributed by atoms with Crippen LogP contribution in [0, 0.1) is 13.8 Å². The molecule has 0 saturated heterocycles. The number of anilines is 1. The second-order valence-electron chi connectivity index (χ2n) is 9.53. The van der Waals surface area contributed by atoms with Crippen LogP contribution in [0.2, 0.25) is 5.02 Å². The zero-order chi connectivity index (χ0) is 28.6. The molecule has 1 atom stereocenters. The molecule has 7 nitrogen and oxygen atoms in total. The number of carbonyl (C=O) groups excluding carboxylic acids is 2. The number of hydrogen-bond acceptors (Lipinski definition) is 4. The summed E-state index contributed by atoms with van der Waals surface area (Å²) < 4.78 is 28.8. The Labute approximate surface area is 236 Å². The molecule has 3 aromatic carbocycles. The zero-order valence-electron chi connectivity index (χ0n) is 22.9. The highest BCUT2D eigenvalue weighted by Crippen LogP contribution is 2.27. The number of halogens is 1. The highest BCUT2D eigenvalue weighted by molar-refractivity contribution is 7.92. The highest BCUT2D eigenvalue weighted by atomic mass is 35.5. The van der Waals surface area contributed by atoms with E-state index in [2.05, 4.69) is 5.32 Å². The third-order valence-electron chi connectivity index (χ3n) is 6.68. The number of rotatable bonds is 12. The fourth-order valence-corrected chi connectivity index (χ4v) is 5.68. The molecule has 3 rings (SSSR count). The van der Waals surface area contributed by atoms with E-state index in [0.29, 0.717) is 22.8 Å². The van der Waals surface area contributed by atoms with Crippen molar-refractivity contribution in [3.05, 3.63) is 94.5 Å². The van der Waals surface area contributed by atoms with Gasteiger partial charge in [0.1, 0.15) is 12.6 Å². The monoisotopic (exact) mass is 569 g/mol. The SMILES string of the molecule is CCCCNC(=O)[C@H](C)N(Cc1ccccc1Cl)C(=O)CN(c1ccc(C)c(C)c1)S(=O)(=O)c1ccccc1. The lowest BCUT2D eigenvalue weighted by Crippen LogP contribution is -2.51. The van der Waals surface area contributed by atoms with E-state index < -0.39 is 28.5 Å². The molecule has 208 valence electrons. The predicted octanol–water partition coefficient (Wildman–Crippen LogP) is 5.49. The van der Waals surface area contributed by atoms with E-state index in [0.717, 1.165) is 28.3 Å². The number of sulfonamides is 1. The van der Waals surface area contributed by atoms with Crippen molar-refractivity contribution >= 4 is 39.1 Å². The van der Waals surface area contributed by atoms with E-state index >= 15 is 0 Å². The maximum atomic E-state index is 13.9. The largest absolute Gasteiger partial charge is 0.354 e. The standard InChI is InChI=1S/C30H36ClN3O4S/c1-5-6-18-32-30(36)24(4)33(20-25-12-10-11-15-28(25)31)29(35)21-34(26-17-16-22(2)23(3)19-26)39(37,38)27-13-8-7-9-14-27/h7-17,19,24H,5-6,18,20-21H2,1-4H3,(H,32,36)/t24-/m0/s1. The van der Waals surface area contributed by atoms with Crippen molar-refractivity contribution in [1.29, 1.82) is 0 Å². The van der Waals surface area contributed by atoms with E-state index in [9.17, 15) is 18.0 Å². The van der Waals surface area contributed by atoms with Crippen molar-refractivity contribution in [2.45, 2.75) is 58.0 Å². The first-order chi connectivity index (χ1) is 18.6. The smallest absolute Gasteiger partial charge is 0.264 e. The zero-order valence-corrected chi connectivity index (χ0v) is 24.4. The Morgan fingerprint density at radius 2 is 1.62 bits per heavy atom. The molecule has 0 spiro atoms. The number of nitrogens with zero attached hydrogens (tertiary/aromatic N) is 2. The van der Waals surface area contributed by atoms with Crippen LogP contribution in [0.3, 0.4) is 0 Å². The summed E-state index contributed by atoms with van der Waals surface area (Å²) in [6.07, 6.45) is 1.73. The van der Waals surface area contributed by atoms with E-state index in [4.69, 9.17) is 11.6 Å². The minimum absolute atomic E-state index is 0.0486. The Kier molecular flexibility index (Phi) is 10.5. The summed E-state index contributed by atoms with van der Waals surface area (Å²) in [6.45, 7) is 7.54. The minimum Gasteiger partial charge on any atom is -0.354 e. The van der Waals surface area contributed by atoms with E-state index in [1.807, 2.05) is 26.8 Å². The average Bonchev–Trinajstić information content (AvgIpc) is 2.92. The topological polar surface area (TPSA) is 86.8 Å². The van der Waals surface area contributed by atoms with Gasteiger partial charge in [-0.1, -0.05) is 67.4 Å². The second kappa shape index (κ2) is 13.6. The van der Waals surface area contributed by atoms with Crippen LogP contribution in [-0.4, -0.2) is 44.3 Å². The Morgan fingerprint density at radius 1 is 0.949 bits per heavy atom. The van der Waals surface area contributed by atoms with Gasteiger partial charge in [0.2, 0.25) is 11.8 Å². The molecule has 1 N–H and O–H groups in total. The van der Waals surface area contributed by atoms with Gasteiger partial charge in [0, 0.05) is 18.1 Å². The second-order valence-corrected chi connectivity index (χ2v) is 11.8. The number of hydrogen-bond donors (Lipinski definition) is 1. The van der Waals surface area contributed by atoms with Crippen LogP contribution in [0.4, 0.5) is 5.69 Å². The molecule has 0 saturated carbocycles. The molecule has 39 heavy (non-hydrogen) atoms. The maximum Gasteiger partial charge on any atom is 0.264 e. The summed E-state index contributed by atoms with van der Waals surface area (Å²) in [5, 5.41) is 3.33. The first-order valence-corrected chi connectivity index (χ1v) is 14.8. The van der Waals surface area contributed by atoms with Gasteiger partial charge in [-0.05, 0) is 74.2 Å². The van der Waals surface area contributed by atoms with Crippen LogP contribution in [0.1, 0.15) is 43.4 Å². The van der Waals surface area contributed by atoms with Gasteiger partial charge in [-0.3, -0.25) is 13.9 Å². The highest BCUT2D eigenvalue weighted by Gasteiger charge is 2.32. The van der Waals surface area contributed by atoms with Crippen LogP contribution >= 0.6 is 11.6 Å². The van der Waals surface area contributed by atoms with E-state index in [1.54, 1.807) is 61.5 Å². The lowest BCUT2D eigenvalue weighted by molar-refractivity contribution is -0.139. The molecule has 0 aliphatic carbocycles. The Morgan fingerprint density at radius 3 is 2.26 bits per heavy atom. The number of aryl methyl sites for hydroxylation is 2. The molecule has 0 aliphatic heterocycles. The summed E-state index contributed by atoms with van der Waals surface area (Å²) in [6, 6.07) is 19.5. The summed E-state index contributed by atoms with van der Waals surface area (Å²) in [7, 11) is -4.10. The van der Waals surface area contributed by atoms with Crippen molar-refractivity contribution in [3.63, 3.8) is 0 Å². The van der Waals surface area contributed by atoms with Gasteiger partial charge in [-0.25, -0.2) is 8.42 Å². The van der Waals surface area contributed by atoms with Crippen LogP contribution < -0.4 is 9.62 Å². The molecule has 0 heterocycles. The molecular formula is C30H36ClN3O4S. The van der Waals surface area contributed by atoms with Crippen molar-refractivity contribution in [1.82, 2.24) is 10.2 Å². The predicted molar refractivity (Wildman–Crippen MR) is 156 cm³/mol. The third-order valence-corrected chi connectivity index (χ3v) is 8.84. The van der Waals surface area contributed by atoms with E-state index in [-0.39, 0.29) is 17.3 Å². The molecule has 0 bridgehead atoms. The summed E-state index contributed by atoms with van der Waals surface area (Å²) >= 11 is 6.40. The number of nitrogens with one attached hydrogen (secondary N) is 1. The normalized spacial score (nSPS) is 12.0. The van der Waals surface area contributed by atoms with Gasteiger partial charge in [0.05, 0.1) is 10.6 Å². The fraction of sp³-hybridized carbons (Fsp3) is 0.333. The quantitative estimate of drug-likeness (QED) is 0.292. The molecular weight excluding hydrogens is 534 g/mol. The number of benzene rings is 3. The molecule has 3 aromatic rings. The number of carbonyl (C=O) groups is 2. The maximum absolute atomic E-state index is 13.9. The van der Waals surface area contributed by atoms with Crippen LogP contribution in [0.5, 0.6) is 0 Å². The molecule has 0 aliphatic rings. The molecule has 0 radical (unpaired) electrons. The van der Waals surface area contributed by atoms with Gasteiger partial charge in [-0.2, -0.15) is 0 Å². The van der Waals surface area contributed by atoms with Crippen LogP contribution in [0.25, 0.3) is 0 Å². The van der Waals surface area contributed by atoms with Crippen molar-refractivity contribution < 1.29 is 18.0 Å².